The van der Waals surface area contributed by atoms with Crippen molar-refractivity contribution >= 4 is 22.7 Å². The van der Waals surface area contributed by atoms with Crippen LogP contribution in [0.4, 0.5) is 0 Å². The number of H-pyrrole nitrogens is 1. The Hall–Kier alpha value is -3.93. The number of carbonyl (C=O) groups is 2. The third-order valence-corrected chi connectivity index (χ3v) is 5.64. The van der Waals surface area contributed by atoms with E-state index in [-0.39, 0.29) is 17.9 Å². The topological polar surface area (TPSA) is 78.1 Å². The SMILES string of the molecule is CN(C(=O)c1ccc2[nH]ccc2c1)[C@H](CCNC(=O)c1ccccn1)Cc1ccccc1. The van der Waals surface area contributed by atoms with Crippen molar-refractivity contribution in [2.45, 2.75) is 18.9 Å². The molecular formula is C26H26N4O2. The Labute approximate surface area is 187 Å². The second kappa shape index (κ2) is 9.92. The fourth-order valence-electron chi connectivity index (χ4n) is 3.81. The number of carbonyl (C=O) groups excluding carboxylic acids is 2. The maximum absolute atomic E-state index is 13.3. The van der Waals surface area contributed by atoms with E-state index in [1.165, 1.54) is 0 Å². The molecule has 6 heteroatoms. The summed E-state index contributed by atoms with van der Waals surface area (Å²) in [5.74, 6) is -0.249. The predicted octanol–water partition coefficient (Wildman–Crippen LogP) is 4.07. The van der Waals surface area contributed by atoms with Crippen LogP contribution in [0.1, 0.15) is 32.8 Å². The molecule has 0 unspecified atom stereocenters. The minimum Gasteiger partial charge on any atom is -0.361 e. The molecule has 2 amide bonds. The molecule has 0 fully saturated rings. The van der Waals surface area contributed by atoms with Crippen LogP contribution < -0.4 is 5.32 Å². The van der Waals surface area contributed by atoms with Crippen molar-refractivity contribution in [1.29, 1.82) is 0 Å². The predicted molar refractivity (Wildman–Crippen MR) is 126 cm³/mol. The van der Waals surface area contributed by atoms with Crippen molar-refractivity contribution < 1.29 is 9.59 Å². The normalized spacial score (nSPS) is 11.8. The molecule has 0 aliphatic carbocycles. The number of benzene rings is 2. The van der Waals surface area contributed by atoms with Crippen molar-refractivity contribution in [2.75, 3.05) is 13.6 Å². The lowest BCUT2D eigenvalue weighted by Crippen LogP contribution is -2.41. The number of nitrogens with zero attached hydrogens (tertiary/aromatic N) is 2. The number of fused-ring (bicyclic) bond motifs is 1. The smallest absolute Gasteiger partial charge is 0.269 e. The minimum atomic E-state index is -0.212. The molecule has 4 aromatic rings. The Bertz CT molecular complexity index is 1190. The summed E-state index contributed by atoms with van der Waals surface area (Å²) < 4.78 is 0. The van der Waals surface area contributed by atoms with Crippen LogP contribution in [0.15, 0.2) is 85.2 Å². The molecule has 2 aromatic heterocycles. The van der Waals surface area contributed by atoms with E-state index in [2.05, 4.69) is 27.4 Å². The molecule has 2 aromatic carbocycles. The highest BCUT2D eigenvalue weighted by Gasteiger charge is 2.22. The van der Waals surface area contributed by atoms with E-state index in [0.29, 0.717) is 30.6 Å². The Morgan fingerprint density at radius 1 is 1.03 bits per heavy atom. The molecule has 0 aliphatic heterocycles. The number of rotatable bonds is 8. The summed E-state index contributed by atoms with van der Waals surface area (Å²) in [5, 5.41) is 3.93. The van der Waals surface area contributed by atoms with Crippen LogP contribution in [0.2, 0.25) is 0 Å². The van der Waals surface area contributed by atoms with Crippen LogP contribution in [0.3, 0.4) is 0 Å². The molecule has 0 aliphatic rings. The van der Waals surface area contributed by atoms with Gasteiger partial charge in [0, 0.05) is 48.5 Å². The van der Waals surface area contributed by atoms with E-state index in [1.807, 2.05) is 55.7 Å². The minimum absolute atomic E-state index is 0.0370. The van der Waals surface area contributed by atoms with Crippen molar-refractivity contribution in [3.8, 4) is 0 Å². The molecule has 4 rings (SSSR count). The van der Waals surface area contributed by atoms with Gasteiger partial charge in [-0.3, -0.25) is 14.6 Å². The molecule has 0 bridgehead atoms. The summed E-state index contributed by atoms with van der Waals surface area (Å²) in [6.07, 6.45) is 4.79. The van der Waals surface area contributed by atoms with Gasteiger partial charge in [-0.2, -0.15) is 0 Å². The zero-order valence-electron chi connectivity index (χ0n) is 18.0. The van der Waals surface area contributed by atoms with Gasteiger partial charge in [-0.1, -0.05) is 36.4 Å². The zero-order chi connectivity index (χ0) is 22.3. The van der Waals surface area contributed by atoms with Gasteiger partial charge in [0.15, 0.2) is 0 Å². The number of aromatic amines is 1. The van der Waals surface area contributed by atoms with Gasteiger partial charge in [0.2, 0.25) is 0 Å². The monoisotopic (exact) mass is 426 g/mol. The lowest BCUT2D eigenvalue weighted by molar-refractivity contribution is 0.0723. The Morgan fingerprint density at radius 3 is 2.62 bits per heavy atom. The molecule has 0 spiro atoms. The highest BCUT2D eigenvalue weighted by Crippen LogP contribution is 2.18. The highest BCUT2D eigenvalue weighted by atomic mass is 16.2. The largest absolute Gasteiger partial charge is 0.361 e. The number of nitrogens with one attached hydrogen (secondary N) is 2. The molecule has 6 nitrogen and oxygen atoms in total. The Kier molecular flexibility index (Phi) is 6.60. The lowest BCUT2D eigenvalue weighted by Gasteiger charge is -2.29. The van der Waals surface area contributed by atoms with E-state index in [0.717, 1.165) is 16.5 Å². The number of pyridine rings is 1. The van der Waals surface area contributed by atoms with Crippen LogP contribution in [0.5, 0.6) is 0 Å². The van der Waals surface area contributed by atoms with Gasteiger partial charge in [0.25, 0.3) is 11.8 Å². The summed E-state index contributed by atoms with van der Waals surface area (Å²) >= 11 is 0. The second-order valence-corrected chi connectivity index (χ2v) is 7.80. The van der Waals surface area contributed by atoms with Crippen molar-refractivity contribution in [3.63, 3.8) is 0 Å². The fraction of sp³-hybridized carbons (Fsp3) is 0.192. The first kappa shape index (κ1) is 21.3. The molecule has 2 heterocycles. The summed E-state index contributed by atoms with van der Waals surface area (Å²) in [6.45, 7) is 0.446. The maximum atomic E-state index is 13.3. The van der Waals surface area contributed by atoms with Crippen LogP contribution >= 0.6 is 0 Å². The first-order chi connectivity index (χ1) is 15.6. The summed E-state index contributed by atoms with van der Waals surface area (Å²) in [5.41, 5.74) is 3.18. The van der Waals surface area contributed by atoms with E-state index < -0.39 is 0 Å². The number of amides is 2. The van der Waals surface area contributed by atoms with Gasteiger partial charge in [-0.05, 0) is 54.8 Å². The first-order valence-electron chi connectivity index (χ1n) is 10.7. The van der Waals surface area contributed by atoms with Crippen molar-refractivity contribution in [3.05, 3.63) is 102 Å². The number of aromatic nitrogens is 2. The van der Waals surface area contributed by atoms with Crippen LogP contribution in [-0.2, 0) is 6.42 Å². The molecule has 0 saturated carbocycles. The van der Waals surface area contributed by atoms with Gasteiger partial charge in [0.05, 0.1) is 0 Å². The van der Waals surface area contributed by atoms with Crippen LogP contribution in [0, 0.1) is 0 Å². The van der Waals surface area contributed by atoms with Crippen LogP contribution in [0.25, 0.3) is 10.9 Å². The van der Waals surface area contributed by atoms with E-state index in [9.17, 15) is 9.59 Å². The third kappa shape index (κ3) is 5.03. The fourth-order valence-corrected chi connectivity index (χ4v) is 3.81. The van der Waals surface area contributed by atoms with Gasteiger partial charge >= 0.3 is 0 Å². The van der Waals surface area contributed by atoms with Gasteiger partial charge < -0.3 is 15.2 Å². The standard InChI is InChI=1S/C26H26N4O2/c1-30(26(32)21-10-11-23-20(18-21)12-15-28-23)22(17-19-7-3-2-4-8-19)13-16-29-25(31)24-9-5-6-14-27-24/h2-12,14-15,18,22,28H,13,16-17H2,1H3,(H,29,31)/t22-/m1/s1. The second-order valence-electron chi connectivity index (χ2n) is 7.80. The number of hydrogen-bond donors (Lipinski definition) is 2. The first-order valence-corrected chi connectivity index (χ1v) is 10.7. The quantitative estimate of drug-likeness (QED) is 0.446. The summed E-state index contributed by atoms with van der Waals surface area (Å²) in [6, 6.07) is 22.9. The summed E-state index contributed by atoms with van der Waals surface area (Å²) in [7, 11) is 1.83. The van der Waals surface area contributed by atoms with Crippen molar-refractivity contribution in [1.82, 2.24) is 20.2 Å². The number of likely N-dealkylation sites (N-methyl/N-ethyl adjacent to an activating group) is 1. The van der Waals surface area contributed by atoms with Gasteiger partial charge in [0.1, 0.15) is 5.69 Å². The van der Waals surface area contributed by atoms with E-state index in [4.69, 9.17) is 0 Å². The number of hydrogen-bond acceptors (Lipinski definition) is 3. The van der Waals surface area contributed by atoms with Crippen molar-refractivity contribution in [2.24, 2.45) is 0 Å². The Balaban J connectivity index is 1.47. The molecular weight excluding hydrogens is 400 g/mol. The van der Waals surface area contributed by atoms with Crippen LogP contribution in [-0.4, -0.2) is 46.3 Å². The molecule has 0 radical (unpaired) electrons. The average molecular weight is 427 g/mol. The zero-order valence-corrected chi connectivity index (χ0v) is 18.0. The summed E-state index contributed by atoms with van der Waals surface area (Å²) in [4.78, 5) is 34.7. The average Bonchev–Trinajstić information content (AvgIpc) is 3.31. The Morgan fingerprint density at radius 2 is 1.84 bits per heavy atom. The maximum Gasteiger partial charge on any atom is 0.269 e. The van der Waals surface area contributed by atoms with Gasteiger partial charge in [-0.15, -0.1) is 0 Å². The molecule has 1 atom stereocenters. The highest BCUT2D eigenvalue weighted by molar-refractivity contribution is 5.98. The van der Waals surface area contributed by atoms with E-state index in [1.54, 1.807) is 29.3 Å². The molecule has 0 saturated heterocycles. The lowest BCUT2D eigenvalue weighted by atomic mass is 10.0. The molecule has 2 N–H and O–H groups in total. The molecule has 32 heavy (non-hydrogen) atoms. The van der Waals surface area contributed by atoms with E-state index >= 15 is 0 Å². The third-order valence-electron chi connectivity index (χ3n) is 5.64. The van der Waals surface area contributed by atoms with Gasteiger partial charge in [-0.25, -0.2) is 0 Å². The molecule has 162 valence electrons.